The smallest absolute Gasteiger partial charge is 0.255 e. The highest BCUT2D eigenvalue weighted by Gasteiger charge is 2.13. The molecule has 0 bridgehead atoms. The fraction of sp³-hybridized carbons (Fsp3) is 0.455. The summed E-state index contributed by atoms with van der Waals surface area (Å²) in [5.74, 6) is 0.0431. The Balaban J connectivity index is 2.72. The Labute approximate surface area is 98.6 Å². The summed E-state index contributed by atoms with van der Waals surface area (Å²) in [5.41, 5.74) is 1.47. The zero-order chi connectivity index (χ0) is 11.3. The maximum atomic E-state index is 11.9. The molecule has 0 aromatic carbocycles. The number of pyridine rings is 1. The minimum Gasteiger partial charge on any atom is -0.342 e. The van der Waals surface area contributed by atoms with Crippen LogP contribution in [0.2, 0.25) is 0 Å². The number of carbonyl (C=O) groups is 1. The van der Waals surface area contributed by atoms with Crippen molar-refractivity contribution >= 4 is 21.8 Å². The average Bonchev–Trinajstić information content (AvgIpc) is 2.25. The van der Waals surface area contributed by atoms with Gasteiger partial charge < -0.3 is 4.90 Å². The third-order valence-electron chi connectivity index (χ3n) is 2.21. The van der Waals surface area contributed by atoms with E-state index in [0.29, 0.717) is 5.56 Å². The Hall–Kier alpha value is -0.900. The molecule has 1 rings (SSSR count). The highest BCUT2D eigenvalue weighted by molar-refractivity contribution is 9.09. The van der Waals surface area contributed by atoms with Gasteiger partial charge in [0, 0.05) is 30.8 Å². The molecule has 0 atom stereocenters. The maximum absolute atomic E-state index is 11.9. The summed E-state index contributed by atoms with van der Waals surface area (Å²) in [5, 5.41) is 0.913. The van der Waals surface area contributed by atoms with Crippen LogP contribution in [0.5, 0.6) is 0 Å². The molecule has 0 N–H and O–H groups in total. The van der Waals surface area contributed by atoms with Gasteiger partial charge in [0.25, 0.3) is 5.91 Å². The predicted octanol–water partition coefficient (Wildman–Crippen LogP) is 2.25. The van der Waals surface area contributed by atoms with Gasteiger partial charge in [0.05, 0.1) is 5.56 Å². The number of amides is 1. The van der Waals surface area contributed by atoms with E-state index in [1.54, 1.807) is 17.2 Å². The number of carbonyl (C=O) groups excluding carboxylic acids is 1. The van der Waals surface area contributed by atoms with Crippen LogP contribution in [0, 0.1) is 6.92 Å². The minimum atomic E-state index is 0.0431. The summed E-state index contributed by atoms with van der Waals surface area (Å²) in [6.07, 6.45) is 2.66. The molecule has 3 nitrogen and oxygen atoms in total. The zero-order valence-electron chi connectivity index (χ0n) is 9.03. The number of aromatic nitrogens is 1. The predicted molar refractivity (Wildman–Crippen MR) is 64.3 cm³/mol. The lowest BCUT2D eigenvalue weighted by Crippen LogP contribution is -2.28. The molecule has 4 heteroatoms. The molecule has 1 aromatic rings. The van der Waals surface area contributed by atoms with Crippen molar-refractivity contribution in [3.05, 3.63) is 29.6 Å². The van der Waals surface area contributed by atoms with Gasteiger partial charge >= 0.3 is 0 Å². The molecule has 1 amide bonds. The third-order valence-corrected chi connectivity index (χ3v) is 2.77. The Bertz CT molecular complexity index is 341. The Morgan fingerprint density at radius 2 is 2.33 bits per heavy atom. The number of hydrogen-bond acceptors (Lipinski definition) is 2. The molecule has 0 aliphatic rings. The maximum Gasteiger partial charge on any atom is 0.255 e. The number of aryl methyl sites for hydroxylation is 1. The molecule has 1 heterocycles. The van der Waals surface area contributed by atoms with Crippen molar-refractivity contribution in [3.63, 3.8) is 0 Å². The molecule has 0 radical (unpaired) electrons. The average molecular weight is 271 g/mol. The molecule has 0 unspecified atom stereocenters. The highest BCUT2D eigenvalue weighted by Crippen LogP contribution is 2.07. The zero-order valence-corrected chi connectivity index (χ0v) is 10.6. The van der Waals surface area contributed by atoms with Crippen LogP contribution in [-0.4, -0.2) is 34.7 Å². The molecule has 1 aromatic heterocycles. The molecule has 82 valence electrons. The van der Waals surface area contributed by atoms with E-state index in [4.69, 9.17) is 0 Å². The molecule has 0 fully saturated rings. The number of hydrogen-bond donors (Lipinski definition) is 0. The standard InChI is InChI=1S/C11H15BrN2O/c1-9-10(5-3-7-13-9)11(15)14(2)8-4-6-12/h3,5,7H,4,6,8H2,1-2H3. The van der Waals surface area contributed by atoms with Crippen LogP contribution in [0.4, 0.5) is 0 Å². The van der Waals surface area contributed by atoms with Gasteiger partial charge in [-0.2, -0.15) is 0 Å². The molecule has 0 saturated carbocycles. The number of alkyl halides is 1. The second-order valence-corrected chi connectivity index (χ2v) is 4.20. The van der Waals surface area contributed by atoms with E-state index < -0.39 is 0 Å². The Morgan fingerprint density at radius 1 is 1.60 bits per heavy atom. The van der Waals surface area contributed by atoms with E-state index in [-0.39, 0.29) is 5.91 Å². The van der Waals surface area contributed by atoms with Crippen molar-refractivity contribution in [2.24, 2.45) is 0 Å². The fourth-order valence-corrected chi connectivity index (χ4v) is 1.57. The van der Waals surface area contributed by atoms with E-state index in [0.717, 1.165) is 24.0 Å². The first-order valence-corrected chi connectivity index (χ1v) is 6.02. The van der Waals surface area contributed by atoms with Crippen LogP contribution < -0.4 is 0 Å². The van der Waals surface area contributed by atoms with Gasteiger partial charge in [0.2, 0.25) is 0 Å². The Morgan fingerprint density at radius 3 is 2.93 bits per heavy atom. The largest absolute Gasteiger partial charge is 0.342 e. The van der Waals surface area contributed by atoms with Crippen molar-refractivity contribution < 1.29 is 4.79 Å². The summed E-state index contributed by atoms with van der Waals surface area (Å²) in [6, 6.07) is 3.61. The lowest BCUT2D eigenvalue weighted by atomic mass is 10.2. The number of halogens is 1. The van der Waals surface area contributed by atoms with Crippen molar-refractivity contribution in [1.29, 1.82) is 0 Å². The van der Waals surface area contributed by atoms with Gasteiger partial charge in [-0.05, 0) is 25.5 Å². The molecule has 0 aliphatic carbocycles. The summed E-state index contributed by atoms with van der Waals surface area (Å²) in [7, 11) is 1.82. The third kappa shape index (κ3) is 3.30. The van der Waals surface area contributed by atoms with E-state index in [9.17, 15) is 4.79 Å². The topological polar surface area (TPSA) is 33.2 Å². The van der Waals surface area contributed by atoms with Crippen LogP contribution >= 0.6 is 15.9 Å². The minimum absolute atomic E-state index is 0.0431. The molecule has 0 saturated heterocycles. The van der Waals surface area contributed by atoms with Crippen molar-refractivity contribution in [2.45, 2.75) is 13.3 Å². The SMILES string of the molecule is Cc1ncccc1C(=O)N(C)CCCBr. The van der Waals surface area contributed by atoms with Crippen LogP contribution in [0.25, 0.3) is 0 Å². The first-order valence-electron chi connectivity index (χ1n) is 4.90. The Kier molecular flexibility index (Phi) is 4.75. The lowest BCUT2D eigenvalue weighted by molar-refractivity contribution is 0.0794. The van der Waals surface area contributed by atoms with E-state index in [1.807, 2.05) is 20.0 Å². The summed E-state index contributed by atoms with van der Waals surface area (Å²) in [6.45, 7) is 2.62. The van der Waals surface area contributed by atoms with Gasteiger partial charge in [-0.25, -0.2) is 0 Å². The molecular formula is C11H15BrN2O. The first-order chi connectivity index (χ1) is 7.16. The van der Waals surface area contributed by atoms with Gasteiger partial charge in [0.15, 0.2) is 0 Å². The second kappa shape index (κ2) is 5.85. The van der Waals surface area contributed by atoms with Crippen LogP contribution in [0.3, 0.4) is 0 Å². The summed E-state index contributed by atoms with van der Waals surface area (Å²) >= 11 is 3.35. The summed E-state index contributed by atoms with van der Waals surface area (Å²) < 4.78 is 0. The fourth-order valence-electron chi connectivity index (χ4n) is 1.31. The van der Waals surface area contributed by atoms with Crippen molar-refractivity contribution in [3.8, 4) is 0 Å². The van der Waals surface area contributed by atoms with Crippen molar-refractivity contribution in [1.82, 2.24) is 9.88 Å². The normalized spacial score (nSPS) is 10.1. The molecule has 0 spiro atoms. The highest BCUT2D eigenvalue weighted by atomic mass is 79.9. The van der Waals surface area contributed by atoms with Gasteiger partial charge in [-0.3, -0.25) is 9.78 Å². The van der Waals surface area contributed by atoms with Crippen LogP contribution in [0.15, 0.2) is 18.3 Å². The van der Waals surface area contributed by atoms with E-state index in [1.165, 1.54) is 0 Å². The van der Waals surface area contributed by atoms with E-state index in [2.05, 4.69) is 20.9 Å². The number of nitrogens with zero attached hydrogens (tertiary/aromatic N) is 2. The summed E-state index contributed by atoms with van der Waals surface area (Å²) in [4.78, 5) is 17.8. The van der Waals surface area contributed by atoms with Crippen molar-refractivity contribution in [2.75, 3.05) is 18.9 Å². The first kappa shape index (κ1) is 12.2. The molecule has 0 aliphatic heterocycles. The molecular weight excluding hydrogens is 256 g/mol. The molecule has 15 heavy (non-hydrogen) atoms. The number of rotatable bonds is 4. The monoisotopic (exact) mass is 270 g/mol. The van der Waals surface area contributed by atoms with E-state index >= 15 is 0 Å². The van der Waals surface area contributed by atoms with Crippen LogP contribution in [-0.2, 0) is 0 Å². The van der Waals surface area contributed by atoms with Gasteiger partial charge in [0.1, 0.15) is 0 Å². The lowest BCUT2D eigenvalue weighted by Gasteiger charge is -2.17. The van der Waals surface area contributed by atoms with Gasteiger partial charge in [-0.15, -0.1) is 0 Å². The van der Waals surface area contributed by atoms with Gasteiger partial charge in [-0.1, -0.05) is 15.9 Å². The second-order valence-electron chi connectivity index (χ2n) is 3.41. The van der Waals surface area contributed by atoms with Crippen LogP contribution in [0.1, 0.15) is 22.5 Å². The quantitative estimate of drug-likeness (QED) is 0.787.